The van der Waals surface area contributed by atoms with E-state index < -0.39 is 0 Å². The molecule has 5 rings (SSSR count). The Morgan fingerprint density at radius 1 is 1.00 bits per heavy atom. The number of halogens is 2. The number of nitrogens with zero attached hydrogens (tertiary/aromatic N) is 3. The predicted molar refractivity (Wildman–Crippen MR) is 161 cm³/mol. The Labute approximate surface area is 239 Å². The molecular weight excluding hydrogens is 515 g/mol. The van der Waals surface area contributed by atoms with Crippen LogP contribution in [0.5, 0.6) is 0 Å². The molecule has 1 saturated heterocycles. The number of nitriles is 1. The van der Waals surface area contributed by atoms with Crippen molar-refractivity contribution in [2.45, 2.75) is 39.2 Å². The summed E-state index contributed by atoms with van der Waals surface area (Å²) in [4.78, 5) is 2.57. The van der Waals surface area contributed by atoms with Gasteiger partial charge >= 0.3 is 0 Å². The summed E-state index contributed by atoms with van der Waals surface area (Å²) in [5.74, 6) is 0.748. The van der Waals surface area contributed by atoms with E-state index in [0.717, 1.165) is 58.7 Å². The largest absolute Gasteiger partial charge is 0.356 e. The molecule has 1 fully saturated rings. The molecule has 1 aromatic heterocycles. The lowest BCUT2D eigenvalue weighted by Gasteiger charge is -2.31. The van der Waals surface area contributed by atoms with E-state index in [1.807, 2.05) is 38.4 Å². The number of rotatable bonds is 6. The summed E-state index contributed by atoms with van der Waals surface area (Å²) in [6.45, 7) is 5.47. The van der Waals surface area contributed by atoms with E-state index in [4.69, 9.17) is 4.52 Å². The second-order valence-corrected chi connectivity index (χ2v) is 9.68. The second kappa shape index (κ2) is 15.5. The van der Waals surface area contributed by atoms with E-state index in [0.29, 0.717) is 5.56 Å². The molecule has 38 heavy (non-hydrogen) atoms. The molecule has 0 aliphatic carbocycles. The number of fused-ring (bicyclic) bond motifs is 1. The lowest BCUT2D eigenvalue weighted by molar-refractivity contribution is 0.172. The van der Waals surface area contributed by atoms with Crippen molar-refractivity contribution >= 4 is 35.8 Å². The van der Waals surface area contributed by atoms with Crippen LogP contribution in [0.3, 0.4) is 0 Å². The molecule has 0 radical (unpaired) electrons. The van der Waals surface area contributed by atoms with E-state index in [9.17, 15) is 5.26 Å². The molecule has 0 bridgehead atoms. The van der Waals surface area contributed by atoms with Gasteiger partial charge in [-0.05, 0) is 101 Å². The maximum atomic E-state index is 9.22. The number of aryl methyl sites for hydroxylation is 2. The minimum absolute atomic E-state index is 0. The zero-order valence-electron chi connectivity index (χ0n) is 22.4. The SMILES string of the molecule is CNC.Cc1c(-c2cccc(C#N)c2)ccc2c(CCC3CCN(Cc4ccccc4)CC3)noc12.Cl.Cl. The van der Waals surface area contributed by atoms with Crippen LogP contribution >= 0.6 is 24.8 Å². The van der Waals surface area contributed by atoms with Crippen LogP contribution in [0.25, 0.3) is 22.1 Å². The first-order valence-corrected chi connectivity index (χ1v) is 12.9. The minimum Gasteiger partial charge on any atom is -0.356 e. The van der Waals surface area contributed by atoms with Gasteiger partial charge in [-0.3, -0.25) is 4.90 Å². The minimum atomic E-state index is 0. The Hall–Kier alpha value is -2.88. The van der Waals surface area contributed by atoms with E-state index in [1.54, 1.807) is 0 Å². The van der Waals surface area contributed by atoms with Crippen molar-refractivity contribution in [1.29, 1.82) is 5.26 Å². The maximum Gasteiger partial charge on any atom is 0.170 e. The average Bonchev–Trinajstić information content (AvgIpc) is 3.33. The van der Waals surface area contributed by atoms with Crippen molar-refractivity contribution in [1.82, 2.24) is 15.4 Å². The zero-order valence-corrected chi connectivity index (χ0v) is 24.1. The van der Waals surface area contributed by atoms with Crippen molar-refractivity contribution in [3.05, 3.63) is 89.1 Å². The Kier molecular flexibility index (Phi) is 12.8. The van der Waals surface area contributed by atoms with E-state index in [-0.39, 0.29) is 24.8 Å². The monoisotopic (exact) mass is 552 g/mol. The first-order valence-electron chi connectivity index (χ1n) is 12.9. The standard InChI is InChI=1S/C29H29N3O.C2H7N.2ClH/c1-21-26(25-9-5-8-24(18-25)19-30)11-12-27-28(31-33-29(21)27)13-10-22-14-16-32(17-15-22)20-23-6-3-2-4-7-23;1-3-2;;/h2-9,11-12,18,22H,10,13-17,20H2,1H3;3H,1-2H3;2*1H. The van der Waals surface area contributed by atoms with Crippen LogP contribution in [0.1, 0.15) is 41.6 Å². The number of hydrogen-bond donors (Lipinski definition) is 1. The molecule has 2 heterocycles. The smallest absolute Gasteiger partial charge is 0.170 e. The molecule has 5 nitrogen and oxygen atoms in total. The van der Waals surface area contributed by atoms with Gasteiger partial charge in [0.25, 0.3) is 0 Å². The van der Waals surface area contributed by atoms with Crippen molar-refractivity contribution < 1.29 is 4.52 Å². The van der Waals surface area contributed by atoms with Crippen molar-refractivity contribution in [2.75, 3.05) is 27.2 Å². The molecule has 0 unspecified atom stereocenters. The Bertz CT molecular complexity index is 1310. The number of benzene rings is 3. The fourth-order valence-electron chi connectivity index (χ4n) is 5.05. The van der Waals surface area contributed by atoms with Gasteiger partial charge in [-0.1, -0.05) is 53.7 Å². The molecule has 1 N–H and O–H groups in total. The van der Waals surface area contributed by atoms with Gasteiger partial charge in [0.1, 0.15) is 0 Å². The van der Waals surface area contributed by atoms with Crippen molar-refractivity contribution in [2.24, 2.45) is 5.92 Å². The number of piperidine rings is 1. The third-order valence-corrected chi connectivity index (χ3v) is 7.01. The highest BCUT2D eigenvalue weighted by atomic mass is 35.5. The molecule has 3 aromatic carbocycles. The molecule has 202 valence electrons. The highest BCUT2D eigenvalue weighted by Crippen LogP contribution is 2.33. The molecule has 1 aliphatic heterocycles. The summed E-state index contributed by atoms with van der Waals surface area (Å²) < 4.78 is 5.80. The van der Waals surface area contributed by atoms with Gasteiger partial charge in [0, 0.05) is 17.5 Å². The molecule has 1 aliphatic rings. The van der Waals surface area contributed by atoms with Crippen molar-refractivity contribution in [3.8, 4) is 17.2 Å². The molecule has 0 amide bonds. The van der Waals surface area contributed by atoms with Gasteiger partial charge in [-0.15, -0.1) is 24.8 Å². The van der Waals surface area contributed by atoms with Gasteiger partial charge < -0.3 is 9.84 Å². The van der Waals surface area contributed by atoms with Gasteiger partial charge in [0.05, 0.1) is 17.3 Å². The average molecular weight is 554 g/mol. The Morgan fingerprint density at radius 2 is 1.71 bits per heavy atom. The fraction of sp³-hybridized carbons (Fsp3) is 0.355. The zero-order chi connectivity index (χ0) is 25.3. The highest BCUT2D eigenvalue weighted by molar-refractivity contribution is 5.89. The molecule has 0 spiro atoms. The number of hydrogen-bond acceptors (Lipinski definition) is 5. The van der Waals surface area contributed by atoms with Crippen LogP contribution in [0, 0.1) is 24.2 Å². The summed E-state index contributed by atoms with van der Waals surface area (Å²) in [5.41, 5.74) is 7.20. The molecule has 7 heteroatoms. The van der Waals surface area contributed by atoms with Crippen LogP contribution in [-0.2, 0) is 13.0 Å². The lowest BCUT2D eigenvalue weighted by atomic mass is 9.90. The van der Waals surface area contributed by atoms with Crippen molar-refractivity contribution in [3.63, 3.8) is 0 Å². The predicted octanol–water partition coefficient (Wildman–Crippen LogP) is 7.20. The van der Waals surface area contributed by atoms with Gasteiger partial charge in [0.15, 0.2) is 5.58 Å². The lowest BCUT2D eigenvalue weighted by Crippen LogP contribution is -2.33. The summed E-state index contributed by atoms with van der Waals surface area (Å²) in [6.07, 6.45) is 4.62. The number of likely N-dealkylation sites (tertiary alicyclic amines) is 1. The Morgan fingerprint density at radius 3 is 2.39 bits per heavy atom. The van der Waals surface area contributed by atoms with E-state index in [1.165, 1.54) is 31.5 Å². The third-order valence-electron chi connectivity index (χ3n) is 7.01. The van der Waals surface area contributed by atoms with E-state index >= 15 is 0 Å². The normalized spacial score (nSPS) is 13.5. The quantitative estimate of drug-likeness (QED) is 0.274. The van der Waals surface area contributed by atoms with Gasteiger partial charge in [0.2, 0.25) is 0 Å². The van der Waals surface area contributed by atoms with E-state index in [2.05, 4.69) is 70.8 Å². The third kappa shape index (κ3) is 7.82. The summed E-state index contributed by atoms with van der Waals surface area (Å²) in [5, 5.41) is 17.5. The van der Waals surface area contributed by atoms with Gasteiger partial charge in [-0.25, -0.2) is 0 Å². The summed E-state index contributed by atoms with van der Waals surface area (Å²) in [6, 6.07) is 25.0. The maximum absolute atomic E-state index is 9.22. The number of aromatic nitrogens is 1. The molecule has 0 saturated carbocycles. The van der Waals surface area contributed by atoms with Crippen LogP contribution in [0.4, 0.5) is 0 Å². The van der Waals surface area contributed by atoms with Crippen LogP contribution in [-0.4, -0.2) is 37.2 Å². The molecular formula is C31H38Cl2N4O. The summed E-state index contributed by atoms with van der Waals surface area (Å²) in [7, 11) is 3.75. The van der Waals surface area contributed by atoms with Gasteiger partial charge in [-0.2, -0.15) is 5.26 Å². The first kappa shape index (κ1) is 31.3. The highest BCUT2D eigenvalue weighted by Gasteiger charge is 2.21. The first-order chi connectivity index (χ1) is 17.6. The summed E-state index contributed by atoms with van der Waals surface area (Å²) >= 11 is 0. The van der Waals surface area contributed by atoms with Crippen LogP contribution < -0.4 is 5.32 Å². The van der Waals surface area contributed by atoms with Crippen LogP contribution in [0.2, 0.25) is 0 Å². The Balaban J connectivity index is 0.000000969. The number of nitrogens with one attached hydrogen (secondary N) is 1. The van der Waals surface area contributed by atoms with Crippen LogP contribution in [0.15, 0.2) is 71.3 Å². The molecule has 0 atom stereocenters. The topological polar surface area (TPSA) is 65.1 Å². The second-order valence-electron chi connectivity index (χ2n) is 9.68. The fourth-order valence-corrected chi connectivity index (χ4v) is 5.05. The molecule has 4 aromatic rings.